The maximum absolute atomic E-state index is 12.5. The molecule has 1 aromatic carbocycles. The summed E-state index contributed by atoms with van der Waals surface area (Å²) in [7, 11) is 0. The summed E-state index contributed by atoms with van der Waals surface area (Å²) in [6.07, 6.45) is 0.629. The van der Waals surface area contributed by atoms with Gasteiger partial charge in [-0.1, -0.05) is 12.1 Å². The predicted octanol–water partition coefficient (Wildman–Crippen LogP) is 0.761. The van der Waals surface area contributed by atoms with E-state index in [1.165, 1.54) is 11.3 Å². The molecule has 0 aromatic heterocycles. The SMILES string of the molecule is Cc1cccc(N2CCN(C(=O)C3(N)CCOC3)CC2)c1. The van der Waals surface area contributed by atoms with Gasteiger partial charge in [0.15, 0.2) is 0 Å². The lowest BCUT2D eigenvalue weighted by Crippen LogP contribution is -2.60. The van der Waals surface area contributed by atoms with Crippen molar-refractivity contribution in [3.8, 4) is 0 Å². The predicted molar refractivity (Wildman–Crippen MR) is 82.3 cm³/mol. The molecule has 114 valence electrons. The van der Waals surface area contributed by atoms with E-state index in [9.17, 15) is 4.79 Å². The molecule has 0 radical (unpaired) electrons. The first kappa shape index (κ1) is 14.4. The van der Waals surface area contributed by atoms with Gasteiger partial charge in [-0.3, -0.25) is 4.79 Å². The quantitative estimate of drug-likeness (QED) is 0.873. The molecule has 0 saturated carbocycles. The fourth-order valence-electron chi connectivity index (χ4n) is 3.06. The normalized spacial score (nSPS) is 26.2. The third kappa shape index (κ3) is 2.89. The van der Waals surface area contributed by atoms with Crippen LogP contribution in [-0.4, -0.2) is 55.7 Å². The van der Waals surface area contributed by atoms with Gasteiger partial charge in [0, 0.05) is 38.5 Å². The van der Waals surface area contributed by atoms with E-state index < -0.39 is 5.54 Å². The zero-order chi connectivity index (χ0) is 14.9. The molecule has 0 aliphatic carbocycles. The Hall–Kier alpha value is -1.59. The lowest BCUT2D eigenvalue weighted by atomic mass is 9.98. The summed E-state index contributed by atoms with van der Waals surface area (Å²) in [6.45, 7) is 6.20. The maximum Gasteiger partial charge on any atom is 0.245 e. The van der Waals surface area contributed by atoms with Crippen molar-refractivity contribution in [2.75, 3.05) is 44.3 Å². The van der Waals surface area contributed by atoms with Crippen molar-refractivity contribution in [2.24, 2.45) is 5.73 Å². The average molecular weight is 289 g/mol. The number of ether oxygens (including phenoxy) is 1. The topological polar surface area (TPSA) is 58.8 Å². The fraction of sp³-hybridized carbons (Fsp3) is 0.562. The Bertz CT molecular complexity index is 518. The fourth-order valence-corrected chi connectivity index (χ4v) is 3.06. The molecule has 2 heterocycles. The number of piperazine rings is 1. The highest BCUT2D eigenvalue weighted by molar-refractivity contribution is 5.87. The zero-order valence-electron chi connectivity index (χ0n) is 12.5. The second kappa shape index (κ2) is 5.66. The highest BCUT2D eigenvalue weighted by atomic mass is 16.5. The van der Waals surface area contributed by atoms with Gasteiger partial charge >= 0.3 is 0 Å². The van der Waals surface area contributed by atoms with Crippen molar-refractivity contribution in [3.05, 3.63) is 29.8 Å². The van der Waals surface area contributed by atoms with Gasteiger partial charge in [-0.2, -0.15) is 0 Å². The lowest BCUT2D eigenvalue weighted by Gasteiger charge is -2.39. The van der Waals surface area contributed by atoms with Crippen molar-refractivity contribution >= 4 is 11.6 Å². The van der Waals surface area contributed by atoms with E-state index in [0.29, 0.717) is 19.6 Å². The third-order valence-corrected chi connectivity index (χ3v) is 4.41. The highest BCUT2D eigenvalue weighted by Gasteiger charge is 2.41. The maximum atomic E-state index is 12.5. The molecule has 5 nitrogen and oxygen atoms in total. The second-order valence-electron chi connectivity index (χ2n) is 6.08. The first-order chi connectivity index (χ1) is 10.1. The molecule has 2 N–H and O–H groups in total. The van der Waals surface area contributed by atoms with Gasteiger partial charge in [-0.15, -0.1) is 0 Å². The Kier molecular flexibility index (Phi) is 3.87. The van der Waals surface area contributed by atoms with Crippen molar-refractivity contribution in [1.29, 1.82) is 0 Å². The number of benzene rings is 1. The first-order valence-electron chi connectivity index (χ1n) is 7.56. The van der Waals surface area contributed by atoms with Crippen LogP contribution in [0.1, 0.15) is 12.0 Å². The smallest absolute Gasteiger partial charge is 0.245 e. The number of carbonyl (C=O) groups excluding carboxylic acids is 1. The molecular formula is C16H23N3O2. The van der Waals surface area contributed by atoms with Crippen LogP contribution in [0.25, 0.3) is 0 Å². The van der Waals surface area contributed by atoms with Crippen LogP contribution in [0.5, 0.6) is 0 Å². The Labute approximate surface area is 125 Å². The van der Waals surface area contributed by atoms with Gasteiger partial charge in [0.1, 0.15) is 5.54 Å². The van der Waals surface area contributed by atoms with E-state index in [0.717, 1.165) is 26.2 Å². The van der Waals surface area contributed by atoms with E-state index in [-0.39, 0.29) is 5.91 Å². The number of carbonyl (C=O) groups is 1. The number of nitrogens with two attached hydrogens (primary N) is 1. The minimum absolute atomic E-state index is 0.0453. The molecule has 2 fully saturated rings. The van der Waals surface area contributed by atoms with Crippen LogP contribution in [0.15, 0.2) is 24.3 Å². The summed E-state index contributed by atoms with van der Waals surface area (Å²) >= 11 is 0. The standard InChI is InChI=1S/C16H23N3O2/c1-13-3-2-4-14(11-13)18-6-8-19(9-7-18)15(20)16(17)5-10-21-12-16/h2-4,11H,5-10,12,17H2,1H3. The number of rotatable bonds is 2. The molecule has 0 spiro atoms. The van der Waals surface area contributed by atoms with Crippen LogP contribution < -0.4 is 10.6 Å². The van der Waals surface area contributed by atoms with Gasteiger partial charge < -0.3 is 20.3 Å². The molecule has 21 heavy (non-hydrogen) atoms. The molecule has 2 aliphatic heterocycles. The van der Waals surface area contributed by atoms with E-state index >= 15 is 0 Å². The van der Waals surface area contributed by atoms with Crippen molar-refractivity contribution in [2.45, 2.75) is 18.9 Å². The van der Waals surface area contributed by atoms with E-state index in [2.05, 4.69) is 36.1 Å². The monoisotopic (exact) mass is 289 g/mol. The van der Waals surface area contributed by atoms with Crippen LogP contribution >= 0.6 is 0 Å². The third-order valence-electron chi connectivity index (χ3n) is 4.41. The molecule has 2 aliphatic rings. The van der Waals surface area contributed by atoms with Gasteiger partial charge in [0.25, 0.3) is 0 Å². The average Bonchev–Trinajstić information content (AvgIpc) is 2.95. The second-order valence-corrected chi connectivity index (χ2v) is 6.08. The van der Waals surface area contributed by atoms with Crippen LogP contribution in [0.3, 0.4) is 0 Å². The molecule has 1 aromatic rings. The summed E-state index contributed by atoms with van der Waals surface area (Å²) in [5.41, 5.74) is 7.86. The molecule has 1 amide bonds. The summed E-state index contributed by atoms with van der Waals surface area (Å²) in [4.78, 5) is 16.7. The Morgan fingerprint density at radius 3 is 2.67 bits per heavy atom. The van der Waals surface area contributed by atoms with Gasteiger partial charge in [-0.05, 0) is 31.0 Å². The molecular weight excluding hydrogens is 266 g/mol. The Balaban J connectivity index is 1.61. The molecule has 2 saturated heterocycles. The van der Waals surface area contributed by atoms with Crippen molar-refractivity contribution < 1.29 is 9.53 Å². The zero-order valence-corrected chi connectivity index (χ0v) is 12.5. The minimum Gasteiger partial charge on any atom is -0.379 e. The number of nitrogens with zero attached hydrogens (tertiary/aromatic N) is 2. The highest BCUT2D eigenvalue weighted by Crippen LogP contribution is 2.22. The molecule has 3 rings (SSSR count). The van der Waals surface area contributed by atoms with Crippen LogP contribution in [-0.2, 0) is 9.53 Å². The van der Waals surface area contributed by atoms with Gasteiger partial charge in [-0.25, -0.2) is 0 Å². The molecule has 5 heteroatoms. The number of aryl methyl sites for hydroxylation is 1. The Morgan fingerprint density at radius 2 is 2.05 bits per heavy atom. The summed E-state index contributed by atoms with van der Waals surface area (Å²) in [5.74, 6) is 0.0453. The minimum atomic E-state index is -0.800. The number of hydrogen-bond donors (Lipinski definition) is 1. The Morgan fingerprint density at radius 1 is 1.29 bits per heavy atom. The van der Waals surface area contributed by atoms with E-state index in [1.54, 1.807) is 0 Å². The van der Waals surface area contributed by atoms with Crippen molar-refractivity contribution in [1.82, 2.24) is 4.90 Å². The number of anilines is 1. The molecule has 0 bridgehead atoms. The largest absolute Gasteiger partial charge is 0.379 e. The van der Waals surface area contributed by atoms with E-state index in [4.69, 9.17) is 10.5 Å². The van der Waals surface area contributed by atoms with E-state index in [1.807, 2.05) is 4.90 Å². The number of amides is 1. The molecule has 1 unspecified atom stereocenters. The molecule has 1 atom stereocenters. The van der Waals surface area contributed by atoms with Gasteiger partial charge in [0.2, 0.25) is 5.91 Å². The van der Waals surface area contributed by atoms with Crippen LogP contribution in [0, 0.1) is 6.92 Å². The van der Waals surface area contributed by atoms with Crippen LogP contribution in [0.4, 0.5) is 5.69 Å². The van der Waals surface area contributed by atoms with Gasteiger partial charge in [0.05, 0.1) is 6.61 Å². The summed E-state index contributed by atoms with van der Waals surface area (Å²) in [6, 6.07) is 8.49. The number of hydrogen-bond acceptors (Lipinski definition) is 4. The summed E-state index contributed by atoms with van der Waals surface area (Å²) in [5, 5.41) is 0. The first-order valence-corrected chi connectivity index (χ1v) is 7.56. The van der Waals surface area contributed by atoms with Crippen LogP contribution in [0.2, 0.25) is 0 Å². The van der Waals surface area contributed by atoms with Crippen molar-refractivity contribution in [3.63, 3.8) is 0 Å². The lowest BCUT2D eigenvalue weighted by molar-refractivity contribution is -0.137. The summed E-state index contributed by atoms with van der Waals surface area (Å²) < 4.78 is 5.29.